The molecular formula is C22H20N4O4. The first-order chi connectivity index (χ1) is 14.7. The van der Waals surface area contributed by atoms with E-state index in [4.69, 9.17) is 4.74 Å². The van der Waals surface area contributed by atoms with Crippen molar-refractivity contribution in [1.29, 1.82) is 0 Å². The van der Waals surface area contributed by atoms with Crippen molar-refractivity contribution >= 4 is 23.0 Å². The van der Waals surface area contributed by atoms with Gasteiger partial charge in [-0.1, -0.05) is 6.07 Å². The number of nitrogens with one attached hydrogen (secondary N) is 1. The number of fused-ring (bicyclic) bond motifs is 4. The van der Waals surface area contributed by atoms with E-state index in [-0.39, 0.29) is 45.6 Å². The number of morpholine rings is 1. The number of hydrogen-bond donors (Lipinski definition) is 1. The van der Waals surface area contributed by atoms with E-state index in [1.54, 1.807) is 40.9 Å². The number of rotatable bonds is 4. The molecule has 1 fully saturated rings. The van der Waals surface area contributed by atoms with Crippen LogP contribution in [-0.4, -0.2) is 71.2 Å². The molecule has 1 N–H and O–H groups in total. The van der Waals surface area contributed by atoms with Crippen LogP contribution in [0.15, 0.2) is 42.7 Å². The van der Waals surface area contributed by atoms with Crippen LogP contribution in [0.2, 0.25) is 0 Å². The van der Waals surface area contributed by atoms with Crippen molar-refractivity contribution < 1.29 is 19.1 Å². The summed E-state index contributed by atoms with van der Waals surface area (Å²) in [5, 5.41) is 2.92. The Bertz CT molecular complexity index is 1180. The van der Waals surface area contributed by atoms with Crippen molar-refractivity contribution in [2.24, 2.45) is 0 Å². The molecule has 3 aromatic heterocycles. The molecule has 8 heteroatoms. The largest absolute Gasteiger partial charge is 0.379 e. The van der Waals surface area contributed by atoms with Gasteiger partial charge < -0.3 is 14.5 Å². The van der Waals surface area contributed by atoms with Crippen LogP contribution in [-0.2, 0) is 4.74 Å². The molecule has 0 spiro atoms. The van der Waals surface area contributed by atoms with Crippen molar-refractivity contribution in [3.05, 3.63) is 70.8 Å². The molecule has 1 aliphatic carbocycles. The highest BCUT2D eigenvalue weighted by molar-refractivity contribution is 6.31. The lowest BCUT2D eigenvalue weighted by Gasteiger charge is -2.26. The summed E-state index contributed by atoms with van der Waals surface area (Å²) in [6, 6.07) is 8.49. The second-order valence-corrected chi connectivity index (χ2v) is 7.32. The highest BCUT2D eigenvalue weighted by Crippen LogP contribution is 2.32. The minimum absolute atomic E-state index is 0.123. The second kappa shape index (κ2) is 7.47. The zero-order valence-electron chi connectivity index (χ0n) is 16.3. The smallest absolute Gasteiger partial charge is 0.254 e. The first kappa shape index (κ1) is 18.7. The Morgan fingerprint density at radius 3 is 2.77 bits per heavy atom. The van der Waals surface area contributed by atoms with E-state index in [1.165, 1.54) is 6.20 Å². The summed E-state index contributed by atoms with van der Waals surface area (Å²) in [4.78, 5) is 45.9. The summed E-state index contributed by atoms with van der Waals surface area (Å²) in [6.07, 6.45) is 3.18. The molecule has 0 atom stereocenters. The fourth-order valence-corrected chi connectivity index (χ4v) is 4.14. The lowest BCUT2D eigenvalue weighted by atomic mass is 9.89. The number of hydrogen-bond acceptors (Lipinski definition) is 6. The van der Waals surface area contributed by atoms with Crippen molar-refractivity contribution in [3.63, 3.8) is 0 Å². The molecule has 30 heavy (non-hydrogen) atoms. The summed E-state index contributed by atoms with van der Waals surface area (Å²) in [5.41, 5.74) is 1.46. The zero-order chi connectivity index (χ0) is 20.7. The summed E-state index contributed by atoms with van der Waals surface area (Å²) in [7, 11) is 0. The van der Waals surface area contributed by atoms with E-state index >= 15 is 0 Å². The Hall–Kier alpha value is -3.36. The number of amides is 1. The van der Waals surface area contributed by atoms with Gasteiger partial charge in [0.15, 0.2) is 5.78 Å². The number of nitrogens with zero attached hydrogens (tertiary/aromatic N) is 3. The van der Waals surface area contributed by atoms with Gasteiger partial charge in [0.05, 0.1) is 35.4 Å². The van der Waals surface area contributed by atoms with E-state index in [2.05, 4.69) is 15.2 Å². The van der Waals surface area contributed by atoms with Crippen LogP contribution in [0.25, 0.3) is 5.52 Å². The normalized spacial score (nSPS) is 16.4. The molecule has 0 saturated carbocycles. The summed E-state index contributed by atoms with van der Waals surface area (Å²) in [6.45, 7) is 4.18. The predicted octanol–water partition coefficient (Wildman–Crippen LogP) is 1.17. The average molecular weight is 404 g/mol. The monoisotopic (exact) mass is 404 g/mol. The zero-order valence-corrected chi connectivity index (χ0v) is 16.3. The number of aromatic nitrogens is 2. The standard InChI is InChI=1S/C22H20N4O4/c27-20-14-4-3-6-23-18(14)21(28)19-17(20)16(15-5-1-2-8-26(15)19)22(29)24-7-9-25-10-12-30-13-11-25/h1-6,8H,7,9-13H2,(H,24,29). The van der Waals surface area contributed by atoms with Crippen molar-refractivity contribution in [2.45, 2.75) is 0 Å². The average Bonchev–Trinajstić information content (AvgIpc) is 3.14. The Kier molecular flexibility index (Phi) is 4.65. The third-order valence-corrected chi connectivity index (χ3v) is 5.60. The van der Waals surface area contributed by atoms with Crippen LogP contribution in [0.3, 0.4) is 0 Å². The first-order valence-corrected chi connectivity index (χ1v) is 9.92. The SMILES string of the molecule is O=C1c2cccnc2C(=O)c2c1c(C(=O)NCCN1CCOCC1)c1ccccn21. The molecule has 4 heterocycles. The molecule has 1 aliphatic heterocycles. The van der Waals surface area contributed by atoms with E-state index in [9.17, 15) is 14.4 Å². The molecule has 152 valence electrons. The van der Waals surface area contributed by atoms with Gasteiger partial charge in [-0.2, -0.15) is 0 Å². The first-order valence-electron chi connectivity index (χ1n) is 9.92. The van der Waals surface area contributed by atoms with Crippen molar-refractivity contribution in [3.8, 4) is 0 Å². The Labute approximate surface area is 172 Å². The molecule has 1 saturated heterocycles. The fraction of sp³-hybridized carbons (Fsp3) is 0.273. The van der Waals surface area contributed by atoms with Crippen LogP contribution in [0, 0.1) is 0 Å². The summed E-state index contributed by atoms with van der Waals surface area (Å²) in [5.74, 6) is -1.06. The Morgan fingerprint density at radius 2 is 1.93 bits per heavy atom. The van der Waals surface area contributed by atoms with Crippen LogP contribution in [0.4, 0.5) is 0 Å². The van der Waals surface area contributed by atoms with Crippen molar-refractivity contribution in [1.82, 2.24) is 19.6 Å². The molecule has 0 bridgehead atoms. The van der Waals surface area contributed by atoms with Crippen LogP contribution >= 0.6 is 0 Å². The topological polar surface area (TPSA) is 93.0 Å². The van der Waals surface area contributed by atoms with Gasteiger partial charge in [0.1, 0.15) is 11.4 Å². The molecule has 0 unspecified atom stereocenters. The number of ketones is 2. The van der Waals surface area contributed by atoms with E-state index in [1.807, 2.05) is 0 Å². The highest BCUT2D eigenvalue weighted by Gasteiger charge is 2.38. The Balaban J connectivity index is 1.52. The maximum atomic E-state index is 13.3. The molecule has 3 aromatic rings. The fourth-order valence-electron chi connectivity index (χ4n) is 4.14. The van der Waals surface area contributed by atoms with E-state index in [0.717, 1.165) is 13.1 Å². The van der Waals surface area contributed by atoms with Gasteiger partial charge in [-0.3, -0.25) is 24.3 Å². The maximum Gasteiger partial charge on any atom is 0.254 e. The molecular weight excluding hydrogens is 384 g/mol. The molecule has 1 amide bonds. The van der Waals surface area contributed by atoms with Gasteiger partial charge in [-0.05, 0) is 24.3 Å². The molecule has 2 aliphatic rings. The van der Waals surface area contributed by atoms with E-state index < -0.39 is 0 Å². The molecule has 8 nitrogen and oxygen atoms in total. The lowest BCUT2D eigenvalue weighted by Crippen LogP contribution is -2.41. The van der Waals surface area contributed by atoms with Gasteiger partial charge in [-0.25, -0.2) is 0 Å². The number of carbonyl (C=O) groups is 3. The van der Waals surface area contributed by atoms with Crippen LogP contribution in [0.1, 0.15) is 42.5 Å². The summed E-state index contributed by atoms with van der Waals surface area (Å²) >= 11 is 0. The third-order valence-electron chi connectivity index (χ3n) is 5.60. The van der Waals surface area contributed by atoms with Crippen molar-refractivity contribution in [2.75, 3.05) is 39.4 Å². The molecule has 0 aromatic carbocycles. The third kappa shape index (κ3) is 2.92. The van der Waals surface area contributed by atoms with Crippen LogP contribution < -0.4 is 5.32 Å². The van der Waals surface area contributed by atoms with Gasteiger partial charge >= 0.3 is 0 Å². The minimum Gasteiger partial charge on any atom is -0.379 e. The number of pyridine rings is 2. The van der Waals surface area contributed by atoms with Gasteiger partial charge in [0.2, 0.25) is 5.78 Å². The predicted molar refractivity (Wildman–Crippen MR) is 108 cm³/mol. The molecule has 5 rings (SSSR count). The van der Waals surface area contributed by atoms with E-state index in [0.29, 0.717) is 31.8 Å². The van der Waals surface area contributed by atoms with Gasteiger partial charge in [0, 0.05) is 38.6 Å². The van der Waals surface area contributed by atoms with Gasteiger partial charge in [-0.15, -0.1) is 0 Å². The second-order valence-electron chi connectivity index (χ2n) is 7.32. The highest BCUT2D eigenvalue weighted by atomic mass is 16.5. The maximum absolute atomic E-state index is 13.3. The van der Waals surface area contributed by atoms with Crippen LogP contribution in [0.5, 0.6) is 0 Å². The Morgan fingerprint density at radius 1 is 1.10 bits per heavy atom. The van der Waals surface area contributed by atoms with Gasteiger partial charge in [0.25, 0.3) is 5.91 Å². The molecule has 0 radical (unpaired) electrons. The summed E-state index contributed by atoms with van der Waals surface area (Å²) < 4.78 is 6.96. The quantitative estimate of drug-likeness (QED) is 0.549. The minimum atomic E-state index is -0.360. The number of carbonyl (C=O) groups excluding carboxylic acids is 3. The lowest BCUT2D eigenvalue weighted by molar-refractivity contribution is 0.0383. The number of ether oxygens (including phenoxy) is 1.